The lowest BCUT2D eigenvalue weighted by atomic mass is 9.98. The quantitative estimate of drug-likeness (QED) is 0.848. The molecule has 0 aromatic heterocycles. The minimum absolute atomic E-state index is 0.363. The lowest BCUT2D eigenvalue weighted by molar-refractivity contribution is 0.171. The van der Waals surface area contributed by atoms with E-state index in [4.69, 9.17) is 4.74 Å². The molecule has 1 heterocycles. The molecule has 2 nitrogen and oxygen atoms in total. The van der Waals surface area contributed by atoms with Crippen LogP contribution in [0.5, 0.6) is 5.75 Å². The predicted molar refractivity (Wildman–Crippen MR) is 75.4 cm³/mol. The van der Waals surface area contributed by atoms with Crippen molar-refractivity contribution in [3.8, 4) is 5.75 Å². The van der Waals surface area contributed by atoms with Gasteiger partial charge in [-0.15, -0.1) is 0 Å². The summed E-state index contributed by atoms with van der Waals surface area (Å²) in [5.74, 6) is 1.97. The third-order valence-electron chi connectivity index (χ3n) is 4.29. The van der Waals surface area contributed by atoms with Crippen LogP contribution in [0.4, 0.5) is 5.69 Å². The van der Waals surface area contributed by atoms with Crippen molar-refractivity contribution in [1.82, 2.24) is 0 Å². The maximum absolute atomic E-state index is 6.22. The third kappa shape index (κ3) is 2.33. The average Bonchev–Trinajstić information content (AvgIpc) is 2.83. The fourth-order valence-corrected chi connectivity index (χ4v) is 3.42. The van der Waals surface area contributed by atoms with Crippen LogP contribution in [0.2, 0.25) is 0 Å². The number of aryl methyl sites for hydroxylation is 2. The van der Waals surface area contributed by atoms with Crippen LogP contribution in [-0.2, 0) is 0 Å². The second-order valence-corrected chi connectivity index (χ2v) is 5.97. The Morgan fingerprint density at radius 2 is 2.00 bits per heavy atom. The highest BCUT2D eigenvalue weighted by atomic mass is 16.5. The largest absolute Gasteiger partial charge is 0.486 e. The van der Waals surface area contributed by atoms with Crippen molar-refractivity contribution in [1.29, 1.82) is 0 Å². The molecule has 1 aromatic carbocycles. The fraction of sp³-hybridized carbons (Fsp3) is 0.625. The number of hydrogen-bond donors (Lipinski definition) is 1. The van der Waals surface area contributed by atoms with Crippen LogP contribution < -0.4 is 10.1 Å². The maximum Gasteiger partial charge on any atom is 0.145 e. The maximum atomic E-state index is 6.22. The second-order valence-electron chi connectivity index (χ2n) is 5.97. The van der Waals surface area contributed by atoms with Crippen LogP contribution in [-0.4, -0.2) is 12.6 Å². The van der Waals surface area contributed by atoms with Gasteiger partial charge in [0.25, 0.3) is 0 Å². The van der Waals surface area contributed by atoms with Crippen molar-refractivity contribution < 1.29 is 4.74 Å². The Hall–Kier alpha value is -1.18. The molecule has 2 heteroatoms. The third-order valence-corrected chi connectivity index (χ3v) is 4.29. The lowest BCUT2D eigenvalue weighted by Gasteiger charge is -2.30. The average molecular weight is 245 g/mol. The van der Waals surface area contributed by atoms with E-state index in [1.54, 1.807) is 0 Å². The highest BCUT2D eigenvalue weighted by Gasteiger charge is 2.25. The predicted octanol–water partition coefficient (Wildman–Crippen LogP) is 4.06. The molecule has 3 rings (SSSR count). The molecule has 0 radical (unpaired) electrons. The van der Waals surface area contributed by atoms with E-state index in [0.717, 1.165) is 18.2 Å². The molecule has 1 N–H and O–H groups in total. The van der Waals surface area contributed by atoms with E-state index < -0.39 is 0 Å². The molecule has 1 aliphatic carbocycles. The molecular weight excluding hydrogens is 222 g/mol. The van der Waals surface area contributed by atoms with E-state index in [-0.39, 0.29) is 0 Å². The monoisotopic (exact) mass is 245 g/mol. The van der Waals surface area contributed by atoms with Gasteiger partial charge >= 0.3 is 0 Å². The van der Waals surface area contributed by atoms with Crippen molar-refractivity contribution >= 4 is 5.69 Å². The van der Waals surface area contributed by atoms with Gasteiger partial charge in [0, 0.05) is 0 Å². The number of nitrogens with one attached hydrogen (secondary N) is 1. The SMILES string of the molecule is Cc1cc(C)c2c(c1)NCC(CC1CCCC1)O2. The highest BCUT2D eigenvalue weighted by molar-refractivity contribution is 5.63. The van der Waals surface area contributed by atoms with E-state index >= 15 is 0 Å². The zero-order valence-corrected chi connectivity index (χ0v) is 11.5. The van der Waals surface area contributed by atoms with Gasteiger partial charge in [-0.3, -0.25) is 0 Å². The van der Waals surface area contributed by atoms with E-state index in [9.17, 15) is 0 Å². The molecule has 1 saturated carbocycles. The van der Waals surface area contributed by atoms with Crippen molar-refractivity contribution in [2.75, 3.05) is 11.9 Å². The van der Waals surface area contributed by atoms with Crippen molar-refractivity contribution in [3.63, 3.8) is 0 Å². The van der Waals surface area contributed by atoms with Gasteiger partial charge in [-0.2, -0.15) is 0 Å². The van der Waals surface area contributed by atoms with Gasteiger partial charge < -0.3 is 10.1 Å². The zero-order valence-electron chi connectivity index (χ0n) is 11.5. The molecule has 1 aliphatic heterocycles. The first kappa shape index (κ1) is 11.9. The molecule has 2 aliphatic rings. The van der Waals surface area contributed by atoms with Crippen LogP contribution >= 0.6 is 0 Å². The highest BCUT2D eigenvalue weighted by Crippen LogP contribution is 2.36. The van der Waals surface area contributed by atoms with Gasteiger partial charge in [0.05, 0.1) is 12.2 Å². The molecule has 1 unspecified atom stereocenters. The Labute approximate surface area is 110 Å². The summed E-state index contributed by atoms with van der Waals surface area (Å²) in [5.41, 5.74) is 3.74. The molecule has 98 valence electrons. The van der Waals surface area contributed by atoms with E-state index in [1.165, 1.54) is 48.9 Å². The number of rotatable bonds is 2. The minimum atomic E-state index is 0.363. The summed E-state index contributed by atoms with van der Waals surface area (Å²) < 4.78 is 6.22. The van der Waals surface area contributed by atoms with Crippen molar-refractivity contribution in [2.45, 2.75) is 52.1 Å². The van der Waals surface area contributed by atoms with Crippen LogP contribution in [0.3, 0.4) is 0 Å². The van der Waals surface area contributed by atoms with E-state index in [0.29, 0.717) is 6.10 Å². The lowest BCUT2D eigenvalue weighted by Crippen LogP contribution is -2.32. The fourth-order valence-electron chi connectivity index (χ4n) is 3.42. The minimum Gasteiger partial charge on any atom is -0.486 e. The Bertz CT molecular complexity index is 435. The van der Waals surface area contributed by atoms with Crippen LogP contribution in [0.1, 0.15) is 43.2 Å². The smallest absolute Gasteiger partial charge is 0.145 e. The summed E-state index contributed by atoms with van der Waals surface area (Å²) >= 11 is 0. The number of ether oxygens (including phenoxy) is 1. The van der Waals surface area contributed by atoms with Gasteiger partial charge in [0.15, 0.2) is 0 Å². The van der Waals surface area contributed by atoms with E-state index in [1.807, 2.05) is 0 Å². The molecule has 18 heavy (non-hydrogen) atoms. The number of fused-ring (bicyclic) bond motifs is 1. The van der Waals surface area contributed by atoms with E-state index in [2.05, 4.69) is 31.3 Å². The molecular formula is C16H23NO. The number of anilines is 1. The first-order valence-corrected chi connectivity index (χ1v) is 7.24. The van der Waals surface area contributed by atoms with Gasteiger partial charge in [0.2, 0.25) is 0 Å². The summed E-state index contributed by atoms with van der Waals surface area (Å²) in [6, 6.07) is 4.40. The summed E-state index contributed by atoms with van der Waals surface area (Å²) in [4.78, 5) is 0. The van der Waals surface area contributed by atoms with Gasteiger partial charge in [-0.05, 0) is 43.4 Å². The molecule has 1 fully saturated rings. The molecule has 0 saturated heterocycles. The number of benzene rings is 1. The first-order chi connectivity index (χ1) is 8.72. The molecule has 1 atom stereocenters. The summed E-state index contributed by atoms with van der Waals surface area (Å²) in [6.45, 7) is 5.25. The Morgan fingerprint density at radius 3 is 2.78 bits per heavy atom. The van der Waals surface area contributed by atoms with Crippen LogP contribution in [0.25, 0.3) is 0 Å². The van der Waals surface area contributed by atoms with Crippen LogP contribution in [0, 0.1) is 19.8 Å². The molecule has 0 spiro atoms. The Kier molecular flexibility index (Phi) is 3.19. The van der Waals surface area contributed by atoms with Crippen molar-refractivity contribution in [2.24, 2.45) is 5.92 Å². The normalized spacial score (nSPS) is 23.3. The second kappa shape index (κ2) is 4.83. The van der Waals surface area contributed by atoms with Gasteiger partial charge in [-0.25, -0.2) is 0 Å². The first-order valence-electron chi connectivity index (χ1n) is 7.24. The van der Waals surface area contributed by atoms with Gasteiger partial charge in [-0.1, -0.05) is 31.7 Å². The standard InChI is InChI=1S/C16H23NO/c1-11-7-12(2)16-15(8-11)17-10-14(18-16)9-13-5-3-4-6-13/h7-8,13-14,17H,3-6,9-10H2,1-2H3. The van der Waals surface area contributed by atoms with Gasteiger partial charge in [0.1, 0.15) is 11.9 Å². The Morgan fingerprint density at radius 1 is 1.22 bits per heavy atom. The topological polar surface area (TPSA) is 21.3 Å². The van der Waals surface area contributed by atoms with Crippen molar-refractivity contribution in [3.05, 3.63) is 23.3 Å². The molecule has 0 amide bonds. The summed E-state index contributed by atoms with van der Waals surface area (Å²) in [5, 5.41) is 3.54. The zero-order chi connectivity index (χ0) is 12.5. The summed E-state index contributed by atoms with van der Waals surface area (Å²) in [7, 11) is 0. The molecule has 0 bridgehead atoms. The van der Waals surface area contributed by atoms with Crippen LogP contribution in [0.15, 0.2) is 12.1 Å². The number of hydrogen-bond acceptors (Lipinski definition) is 2. The molecule has 1 aromatic rings. The summed E-state index contributed by atoms with van der Waals surface area (Å²) in [6.07, 6.45) is 7.22. The Balaban J connectivity index is 1.72.